The SMILES string of the molecule is C/C=C/c1ccc2c(c1)O[C@@H](CN(C)C(=O)Nc1ccc(C(F)(F)F)cc1)[C@@H](C)CN([C@@H](C)CO)S2(=O)=O. The minimum atomic E-state index is -4.48. The number of hydrogen-bond acceptors (Lipinski definition) is 5. The molecule has 1 aliphatic heterocycles. The van der Waals surface area contributed by atoms with Gasteiger partial charge >= 0.3 is 12.2 Å². The lowest BCUT2D eigenvalue weighted by Crippen LogP contribution is -2.50. The van der Waals surface area contributed by atoms with E-state index in [0.29, 0.717) is 0 Å². The van der Waals surface area contributed by atoms with Crippen molar-refractivity contribution in [3.05, 3.63) is 59.7 Å². The topological polar surface area (TPSA) is 99.2 Å². The maximum absolute atomic E-state index is 13.5. The maximum Gasteiger partial charge on any atom is 0.416 e. The average molecular weight is 556 g/mol. The number of likely N-dealkylation sites (N-methyl/N-ethyl adjacent to an activating group) is 1. The smallest absolute Gasteiger partial charge is 0.416 e. The number of anilines is 1. The fourth-order valence-electron chi connectivity index (χ4n) is 4.07. The summed E-state index contributed by atoms with van der Waals surface area (Å²) >= 11 is 0. The first-order valence-electron chi connectivity index (χ1n) is 12.0. The van der Waals surface area contributed by atoms with Crippen LogP contribution in [0.4, 0.5) is 23.7 Å². The van der Waals surface area contributed by atoms with Gasteiger partial charge in [-0.25, -0.2) is 13.2 Å². The molecular formula is C26H32F3N3O5S. The Hall–Kier alpha value is -3.09. The lowest BCUT2D eigenvalue weighted by molar-refractivity contribution is -0.137. The molecule has 0 fully saturated rings. The van der Waals surface area contributed by atoms with Crippen molar-refractivity contribution in [2.75, 3.05) is 32.1 Å². The molecule has 0 saturated heterocycles. The van der Waals surface area contributed by atoms with Gasteiger partial charge in [-0.15, -0.1) is 0 Å². The number of carbonyl (C=O) groups is 1. The van der Waals surface area contributed by atoms with Gasteiger partial charge in [0.2, 0.25) is 10.0 Å². The Labute approximate surface area is 220 Å². The Kier molecular flexibility index (Phi) is 9.11. The fourth-order valence-corrected chi connectivity index (χ4v) is 5.90. The molecule has 38 heavy (non-hydrogen) atoms. The quantitative estimate of drug-likeness (QED) is 0.540. The highest BCUT2D eigenvalue weighted by molar-refractivity contribution is 7.89. The van der Waals surface area contributed by atoms with Crippen molar-refractivity contribution in [3.63, 3.8) is 0 Å². The lowest BCUT2D eigenvalue weighted by Gasteiger charge is -2.37. The summed E-state index contributed by atoms with van der Waals surface area (Å²) < 4.78 is 72.9. The van der Waals surface area contributed by atoms with Crippen molar-refractivity contribution >= 4 is 27.8 Å². The molecule has 0 aromatic heterocycles. The third kappa shape index (κ3) is 6.66. The highest BCUT2D eigenvalue weighted by Crippen LogP contribution is 2.35. The first-order chi connectivity index (χ1) is 17.8. The Bertz CT molecular complexity index is 1270. The normalized spacial score (nSPS) is 20.6. The van der Waals surface area contributed by atoms with E-state index in [1.165, 1.54) is 34.5 Å². The molecule has 3 rings (SSSR count). The van der Waals surface area contributed by atoms with Crippen LogP contribution in [0.5, 0.6) is 5.75 Å². The van der Waals surface area contributed by atoms with E-state index in [2.05, 4.69) is 5.32 Å². The van der Waals surface area contributed by atoms with Gasteiger partial charge in [0, 0.05) is 31.2 Å². The number of benzene rings is 2. The zero-order valence-corrected chi connectivity index (χ0v) is 22.4. The lowest BCUT2D eigenvalue weighted by atomic mass is 10.0. The molecule has 0 saturated carbocycles. The summed E-state index contributed by atoms with van der Waals surface area (Å²) in [4.78, 5) is 14.1. The molecule has 3 atom stereocenters. The molecule has 208 valence electrons. The number of amides is 2. The monoisotopic (exact) mass is 555 g/mol. The van der Waals surface area contributed by atoms with Crippen LogP contribution in [0.1, 0.15) is 31.9 Å². The number of nitrogens with zero attached hydrogens (tertiary/aromatic N) is 2. The molecule has 0 aliphatic carbocycles. The molecular weight excluding hydrogens is 523 g/mol. The van der Waals surface area contributed by atoms with Crippen molar-refractivity contribution in [2.24, 2.45) is 5.92 Å². The van der Waals surface area contributed by atoms with Crippen LogP contribution >= 0.6 is 0 Å². The molecule has 0 spiro atoms. The molecule has 0 radical (unpaired) electrons. The van der Waals surface area contributed by atoms with Crippen LogP contribution in [0.2, 0.25) is 0 Å². The van der Waals surface area contributed by atoms with E-state index in [1.54, 1.807) is 38.1 Å². The van der Waals surface area contributed by atoms with Gasteiger partial charge in [-0.3, -0.25) is 0 Å². The summed E-state index contributed by atoms with van der Waals surface area (Å²) in [6.07, 6.45) is -1.52. The molecule has 0 bridgehead atoms. The van der Waals surface area contributed by atoms with E-state index < -0.39 is 45.9 Å². The molecule has 2 aromatic carbocycles. The second-order valence-electron chi connectivity index (χ2n) is 9.33. The number of rotatable bonds is 6. The predicted octanol–water partition coefficient (Wildman–Crippen LogP) is 4.67. The number of hydrogen-bond donors (Lipinski definition) is 2. The van der Waals surface area contributed by atoms with Crippen LogP contribution in [0.3, 0.4) is 0 Å². The van der Waals surface area contributed by atoms with Crippen LogP contribution in [0.15, 0.2) is 53.4 Å². The van der Waals surface area contributed by atoms with Gasteiger partial charge in [-0.05, 0) is 55.8 Å². The molecule has 8 nitrogen and oxygen atoms in total. The number of allylic oxidation sites excluding steroid dienone is 1. The highest BCUT2D eigenvalue weighted by atomic mass is 32.2. The van der Waals surface area contributed by atoms with Gasteiger partial charge in [0.15, 0.2) is 0 Å². The standard InChI is InChI=1S/C26H32F3N3O5S/c1-5-6-19-7-12-24-22(13-19)37-23(17(2)14-32(18(3)16-33)38(24,35)36)15-31(4)25(34)30-21-10-8-20(9-11-21)26(27,28)29/h5-13,17-18,23,33H,14-16H2,1-4H3,(H,30,34)/b6-5+/t17-,18-,23-/m0/s1. The third-order valence-electron chi connectivity index (χ3n) is 6.31. The van der Waals surface area contributed by atoms with Crippen LogP contribution < -0.4 is 10.1 Å². The van der Waals surface area contributed by atoms with E-state index in [9.17, 15) is 31.5 Å². The summed E-state index contributed by atoms with van der Waals surface area (Å²) in [5, 5.41) is 12.3. The Morgan fingerprint density at radius 3 is 2.50 bits per heavy atom. The van der Waals surface area contributed by atoms with E-state index in [4.69, 9.17) is 4.74 Å². The number of halogens is 3. The molecule has 12 heteroatoms. The average Bonchev–Trinajstić information content (AvgIpc) is 2.85. The second kappa shape index (κ2) is 11.7. The number of alkyl halides is 3. The maximum atomic E-state index is 13.5. The minimum absolute atomic E-state index is 0.0408. The van der Waals surface area contributed by atoms with Crippen LogP contribution in [0, 0.1) is 5.92 Å². The highest BCUT2D eigenvalue weighted by Gasteiger charge is 2.38. The number of carbonyl (C=O) groups excluding carboxylic acids is 1. The Balaban J connectivity index is 1.87. The number of fused-ring (bicyclic) bond motifs is 1. The number of ether oxygens (including phenoxy) is 1. The van der Waals surface area contributed by atoms with E-state index in [0.717, 1.165) is 17.7 Å². The second-order valence-corrected chi connectivity index (χ2v) is 11.2. The molecule has 0 unspecified atom stereocenters. The summed E-state index contributed by atoms with van der Waals surface area (Å²) in [6, 6.07) is 7.57. The summed E-state index contributed by atoms with van der Waals surface area (Å²) in [6.45, 7) is 4.95. The van der Waals surface area contributed by atoms with Crippen LogP contribution in [-0.4, -0.2) is 67.7 Å². The van der Waals surface area contributed by atoms with Crippen molar-refractivity contribution in [1.29, 1.82) is 0 Å². The van der Waals surface area contributed by atoms with Gasteiger partial charge in [0.25, 0.3) is 0 Å². The number of aliphatic hydroxyl groups is 1. The van der Waals surface area contributed by atoms with Crippen LogP contribution in [0.25, 0.3) is 6.08 Å². The van der Waals surface area contributed by atoms with E-state index in [-0.39, 0.29) is 36.0 Å². The van der Waals surface area contributed by atoms with Gasteiger partial charge in [-0.2, -0.15) is 17.5 Å². The van der Waals surface area contributed by atoms with Gasteiger partial charge in [0.1, 0.15) is 16.7 Å². The number of sulfonamides is 1. The number of aliphatic hydroxyl groups excluding tert-OH is 1. The van der Waals surface area contributed by atoms with Crippen molar-refractivity contribution in [1.82, 2.24) is 9.21 Å². The Morgan fingerprint density at radius 1 is 1.26 bits per heavy atom. The fraction of sp³-hybridized carbons (Fsp3) is 0.423. The largest absolute Gasteiger partial charge is 0.487 e. The van der Waals surface area contributed by atoms with Gasteiger partial charge < -0.3 is 20.1 Å². The Morgan fingerprint density at radius 2 is 1.92 bits per heavy atom. The first-order valence-corrected chi connectivity index (χ1v) is 13.5. The summed E-state index contributed by atoms with van der Waals surface area (Å²) in [7, 11) is -2.48. The number of urea groups is 1. The first kappa shape index (κ1) is 29.5. The zero-order valence-electron chi connectivity index (χ0n) is 21.6. The van der Waals surface area contributed by atoms with E-state index >= 15 is 0 Å². The van der Waals surface area contributed by atoms with Gasteiger partial charge in [0.05, 0.1) is 18.7 Å². The molecule has 1 heterocycles. The van der Waals surface area contributed by atoms with Crippen molar-refractivity contribution < 1.29 is 36.2 Å². The summed E-state index contributed by atoms with van der Waals surface area (Å²) in [5.74, 6) is -0.262. The molecule has 2 aromatic rings. The molecule has 1 aliphatic rings. The van der Waals surface area contributed by atoms with Gasteiger partial charge in [-0.1, -0.05) is 25.1 Å². The molecule has 2 amide bonds. The molecule has 2 N–H and O–H groups in total. The van der Waals surface area contributed by atoms with Crippen LogP contribution in [-0.2, 0) is 16.2 Å². The van der Waals surface area contributed by atoms with Crippen molar-refractivity contribution in [3.8, 4) is 5.75 Å². The zero-order chi connectivity index (χ0) is 28.3. The minimum Gasteiger partial charge on any atom is -0.487 e. The summed E-state index contributed by atoms with van der Waals surface area (Å²) in [5.41, 5.74) is 0.0913. The van der Waals surface area contributed by atoms with Crippen molar-refractivity contribution in [2.45, 2.75) is 44.0 Å². The third-order valence-corrected chi connectivity index (χ3v) is 8.33. The van der Waals surface area contributed by atoms with E-state index in [1.807, 2.05) is 6.92 Å². The number of nitrogens with one attached hydrogen (secondary N) is 1. The predicted molar refractivity (Wildman–Crippen MR) is 138 cm³/mol.